The fourth-order valence-corrected chi connectivity index (χ4v) is 1.38. The van der Waals surface area contributed by atoms with Gasteiger partial charge in [0.1, 0.15) is 0 Å². The second-order valence-electron chi connectivity index (χ2n) is 3.72. The van der Waals surface area contributed by atoms with Crippen molar-refractivity contribution in [2.75, 3.05) is 39.8 Å². The summed E-state index contributed by atoms with van der Waals surface area (Å²) < 4.78 is 0. The van der Waals surface area contributed by atoms with E-state index < -0.39 is 0 Å². The minimum absolute atomic E-state index is 0.00264. The molecule has 0 atom stereocenters. The highest BCUT2D eigenvalue weighted by atomic mass is 16.3. The molecule has 0 heterocycles. The Bertz CT molecular complexity index is 232. The third-order valence-electron chi connectivity index (χ3n) is 2.30. The standard InChI is InChI=1S/C11H21N3O2/c1-3-6-14(8-9-15)10-11(16)13(2)7-4-5-12/h15H,3-4,6-10H2,1-2H3. The summed E-state index contributed by atoms with van der Waals surface area (Å²) in [5.74, 6) is -0.00264. The van der Waals surface area contributed by atoms with Gasteiger partial charge < -0.3 is 10.0 Å². The molecule has 0 saturated carbocycles. The molecule has 5 nitrogen and oxygen atoms in total. The lowest BCUT2D eigenvalue weighted by Gasteiger charge is -2.23. The van der Waals surface area contributed by atoms with Crippen molar-refractivity contribution in [2.24, 2.45) is 0 Å². The molecular weight excluding hydrogens is 206 g/mol. The summed E-state index contributed by atoms with van der Waals surface area (Å²) in [5.41, 5.74) is 0. The van der Waals surface area contributed by atoms with E-state index in [4.69, 9.17) is 10.4 Å². The highest BCUT2D eigenvalue weighted by molar-refractivity contribution is 5.77. The first-order chi connectivity index (χ1) is 7.65. The summed E-state index contributed by atoms with van der Waals surface area (Å²) in [5, 5.41) is 17.3. The first kappa shape index (κ1) is 14.9. The third-order valence-corrected chi connectivity index (χ3v) is 2.30. The lowest BCUT2D eigenvalue weighted by atomic mass is 10.3. The monoisotopic (exact) mass is 227 g/mol. The Morgan fingerprint density at radius 1 is 1.38 bits per heavy atom. The molecule has 5 heteroatoms. The van der Waals surface area contributed by atoms with Crippen molar-refractivity contribution in [2.45, 2.75) is 19.8 Å². The van der Waals surface area contributed by atoms with Crippen LogP contribution in [0.1, 0.15) is 19.8 Å². The molecular formula is C11H21N3O2. The van der Waals surface area contributed by atoms with Gasteiger partial charge in [0.25, 0.3) is 0 Å². The Labute approximate surface area is 97.3 Å². The fraction of sp³-hybridized carbons (Fsp3) is 0.818. The maximum absolute atomic E-state index is 11.7. The number of aliphatic hydroxyl groups is 1. The third kappa shape index (κ3) is 6.38. The van der Waals surface area contributed by atoms with Gasteiger partial charge in [-0.05, 0) is 13.0 Å². The van der Waals surface area contributed by atoms with Crippen LogP contribution < -0.4 is 0 Å². The highest BCUT2D eigenvalue weighted by Crippen LogP contribution is 1.95. The summed E-state index contributed by atoms with van der Waals surface area (Å²) in [4.78, 5) is 15.2. The smallest absolute Gasteiger partial charge is 0.236 e. The molecule has 0 aliphatic carbocycles. The molecule has 16 heavy (non-hydrogen) atoms. The number of amides is 1. The Morgan fingerprint density at radius 2 is 2.06 bits per heavy atom. The Balaban J connectivity index is 4.02. The van der Waals surface area contributed by atoms with Gasteiger partial charge in [0, 0.05) is 20.1 Å². The zero-order valence-corrected chi connectivity index (χ0v) is 10.1. The predicted molar refractivity (Wildman–Crippen MR) is 61.7 cm³/mol. The largest absolute Gasteiger partial charge is 0.395 e. The quantitative estimate of drug-likeness (QED) is 0.637. The average molecular weight is 227 g/mol. The molecule has 0 radical (unpaired) electrons. The zero-order valence-electron chi connectivity index (χ0n) is 10.1. The van der Waals surface area contributed by atoms with Gasteiger partial charge in [0.05, 0.1) is 25.6 Å². The van der Waals surface area contributed by atoms with E-state index in [0.717, 1.165) is 13.0 Å². The summed E-state index contributed by atoms with van der Waals surface area (Å²) >= 11 is 0. The van der Waals surface area contributed by atoms with Gasteiger partial charge in [-0.15, -0.1) is 0 Å². The van der Waals surface area contributed by atoms with Crippen LogP contribution in [0.4, 0.5) is 0 Å². The van der Waals surface area contributed by atoms with Crippen LogP contribution in [0.5, 0.6) is 0 Å². The summed E-state index contributed by atoms with van der Waals surface area (Å²) in [6, 6.07) is 2.01. The second-order valence-corrected chi connectivity index (χ2v) is 3.72. The minimum atomic E-state index is -0.00264. The Kier molecular flexibility index (Phi) is 8.49. The lowest BCUT2D eigenvalue weighted by molar-refractivity contribution is -0.131. The predicted octanol–water partition coefficient (Wildman–Crippen LogP) is 0.0628. The number of likely N-dealkylation sites (N-methyl/N-ethyl adjacent to an activating group) is 1. The molecule has 0 aromatic rings. The van der Waals surface area contributed by atoms with E-state index in [-0.39, 0.29) is 12.5 Å². The molecule has 92 valence electrons. The van der Waals surface area contributed by atoms with Gasteiger partial charge in [0.15, 0.2) is 0 Å². The van der Waals surface area contributed by atoms with Gasteiger partial charge >= 0.3 is 0 Å². The number of hydrogen-bond acceptors (Lipinski definition) is 4. The van der Waals surface area contributed by atoms with E-state index in [9.17, 15) is 4.79 Å². The summed E-state index contributed by atoms with van der Waals surface area (Å²) in [6.45, 7) is 4.21. The molecule has 0 fully saturated rings. The highest BCUT2D eigenvalue weighted by Gasteiger charge is 2.12. The summed E-state index contributed by atoms with van der Waals surface area (Å²) in [6.07, 6.45) is 1.31. The van der Waals surface area contributed by atoms with E-state index >= 15 is 0 Å². The van der Waals surface area contributed by atoms with Gasteiger partial charge in [-0.1, -0.05) is 6.92 Å². The molecule has 0 rings (SSSR count). The molecule has 0 aliphatic heterocycles. The second kappa shape index (κ2) is 9.13. The van der Waals surface area contributed by atoms with Crippen molar-refractivity contribution < 1.29 is 9.90 Å². The first-order valence-electron chi connectivity index (χ1n) is 5.59. The number of carbonyl (C=O) groups excluding carboxylic acids is 1. The van der Waals surface area contributed by atoms with E-state index in [2.05, 4.69) is 0 Å². The van der Waals surface area contributed by atoms with Gasteiger partial charge in [-0.3, -0.25) is 9.69 Å². The molecule has 1 N–H and O–H groups in total. The molecule has 0 aliphatic rings. The number of hydrogen-bond donors (Lipinski definition) is 1. The number of carbonyl (C=O) groups is 1. The van der Waals surface area contributed by atoms with E-state index in [1.807, 2.05) is 17.9 Å². The van der Waals surface area contributed by atoms with Gasteiger partial charge in [0.2, 0.25) is 5.91 Å². The van der Waals surface area contributed by atoms with Crippen molar-refractivity contribution >= 4 is 5.91 Å². The number of nitrogens with zero attached hydrogens (tertiary/aromatic N) is 3. The minimum Gasteiger partial charge on any atom is -0.395 e. The molecule has 0 saturated heterocycles. The van der Waals surface area contributed by atoms with Crippen LogP contribution in [-0.2, 0) is 4.79 Å². The first-order valence-corrected chi connectivity index (χ1v) is 5.59. The van der Waals surface area contributed by atoms with Crippen LogP contribution in [0.15, 0.2) is 0 Å². The molecule has 1 amide bonds. The van der Waals surface area contributed by atoms with Crippen LogP contribution in [0.2, 0.25) is 0 Å². The van der Waals surface area contributed by atoms with Crippen molar-refractivity contribution in [3.05, 3.63) is 0 Å². The van der Waals surface area contributed by atoms with Crippen LogP contribution >= 0.6 is 0 Å². The fourth-order valence-electron chi connectivity index (χ4n) is 1.38. The van der Waals surface area contributed by atoms with E-state index in [1.165, 1.54) is 0 Å². The van der Waals surface area contributed by atoms with Crippen LogP contribution in [-0.4, -0.2) is 60.6 Å². The van der Waals surface area contributed by atoms with Crippen LogP contribution in [0.25, 0.3) is 0 Å². The van der Waals surface area contributed by atoms with Crippen molar-refractivity contribution in [1.29, 1.82) is 5.26 Å². The molecule has 0 spiro atoms. The van der Waals surface area contributed by atoms with Crippen molar-refractivity contribution in [3.63, 3.8) is 0 Å². The number of rotatable bonds is 8. The SMILES string of the molecule is CCCN(CCO)CC(=O)N(C)CCC#N. The maximum Gasteiger partial charge on any atom is 0.236 e. The van der Waals surface area contributed by atoms with Crippen molar-refractivity contribution in [1.82, 2.24) is 9.80 Å². The van der Waals surface area contributed by atoms with Gasteiger partial charge in [-0.2, -0.15) is 5.26 Å². The Hall–Kier alpha value is -1.12. The topological polar surface area (TPSA) is 67.6 Å². The maximum atomic E-state index is 11.7. The zero-order chi connectivity index (χ0) is 12.4. The van der Waals surface area contributed by atoms with E-state index in [0.29, 0.717) is 26.1 Å². The molecule has 0 aromatic carbocycles. The van der Waals surface area contributed by atoms with Crippen LogP contribution in [0, 0.1) is 11.3 Å². The molecule has 0 unspecified atom stereocenters. The summed E-state index contributed by atoms with van der Waals surface area (Å²) in [7, 11) is 1.70. The average Bonchev–Trinajstić information content (AvgIpc) is 2.26. The van der Waals surface area contributed by atoms with Crippen LogP contribution in [0.3, 0.4) is 0 Å². The van der Waals surface area contributed by atoms with Gasteiger partial charge in [-0.25, -0.2) is 0 Å². The molecule has 0 bridgehead atoms. The molecule has 0 aromatic heterocycles. The van der Waals surface area contributed by atoms with Crippen molar-refractivity contribution in [3.8, 4) is 6.07 Å². The Morgan fingerprint density at radius 3 is 2.56 bits per heavy atom. The number of nitriles is 1. The lowest BCUT2D eigenvalue weighted by Crippen LogP contribution is -2.40. The van der Waals surface area contributed by atoms with E-state index in [1.54, 1.807) is 11.9 Å². The normalized spacial score (nSPS) is 10.2. The number of aliphatic hydroxyl groups excluding tert-OH is 1.